The average Bonchev–Trinajstić information content (AvgIpc) is 2.62. The Balaban J connectivity index is 2.09. The molecule has 0 radical (unpaired) electrons. The van der Waals surface area contributed by atoms with E-state index in [9.17, 15) is 0 Å². The molecule has 150 valence electrons. The number of nitrogens with zero attached hydrogens (tertiary/aromatic N) is 1. The summed E-state index contributed by atoms with van der Waals surface area (Å²) in [7, 11) is 4.26. The van der Waals surface area contributed by atoms with Crippen molar-refractivity contribution in [3.8, 4) is 0 Å². The molecule has 0 saturated carbocycles. The lowest BCUT2D eigenvalue weighted by Crippen LogP contribution is -2.23. The normalized spacial score (nSPS) is 16.9. The maximum atomic E-state index is 4.21. The number of aryl methyl sites for hydroxylation is 1. The predicted octanol–water partition coefficient (Wildman–Crippen LogP) is 6.13. The molecule has 28 heavy (non-hydrogen) atoms. The molecule has 1 atom stereocenters. The Bertz CT molecular complexity index is 806. The van der Waals surface area contributed by atoms with Crippen LogP contribution in [0.5, 0.6) is 0 Å². The number of allylic oxidation sites excluding steroid dienone is 5. The summed E-state index contributed by atoms with van der Waals surface area (Å²) in [5.41, 5.74) is 8.36. The Morgan fingerprint density at radius 1 is 1.21 bits per heavy atom. The van der Waals surface area contributed by atoms with Crippen LogP contribution in [0.3, 0.4) is 0 Å². The Labute approximate surface area is 172 Å². The lowest BCUT2D eigenvalue weighted by Gasteiger charge is -2.20. The standard InChI is InChI=1S/C26H36N2/c1-19(2)24-15-10-21(5)17-25(24)26(20(3)4)18-27-23-13-11-22(12-14-23)9-8-16-28(6)7/h10-13,15,17-18,23,27H,1,3,8-9,14,16H2,2,4-7H3/b26-18+. The minimum atomic E-state index is 0.324. The Morgan fingerprint density at radius 2 is 1.96 bits per heavy atom. The molecule has 0 bridgehead atoms. The second kappa shape index (κ2) is 10.3. The fourth-order valence-electron chi connectivity index (χ4n) is 3.45. The summed E-state index contributed by atoms with van der Waals surface area (Å²) >= 11 is 0. The van der Waals surface area contributed by atoms with Crippen molar-refractivity contribution in [2.24, 2.45) is 0 Å². The fourth-order valence-corrected chi connectivity index (χ4v) is 3.45. The topological polar surface area (TPSA) is 15.3 Å². The molecule has 2 heteroatoms. The van der Waals surface area contributed by atoms with Gasteiger partial charge in [0.1, 0.15) is 0 Å². The van der Waals surface area contributed by atoms with Gasteiger partial charge in [0.2, 0.25) is 0 Å². The fraction of sp³-hybridized carbons (Fsp3) is 0.385. The molecule has 2 nitrogen and oxygen atoms in total. The number of hydrogen-bond acceptors (Lipinski definition) is 2. The van der Waals surface area contributed by atoms with Gasteiger partial charge in [0.15, 0.2) is 0 Å². The number of rotatable bonds is 9. The second-order valence-electron chi connectivity index (χ2n) is 8.22. The van der Waals surface area contributed by atoms with E-state index in [1.54, 1.807) is 0 Å². The van der Waals surface area contributed by atoms with Gasteiger partial charge in [0.05, 0.1) is 0 Å². The first kappa shape index (κ1) is 22.0. The number of nitrogens with one attached hydrogen (secondary N) is 1. The molecule has 0 fully saturated rings. The summed E-state index contributed by atoms with van der Waals surface area (Å²) < 4.78 is 0. The van der Waals surface area contributed by atoms with Gasteiger partial charge in [0, 0.05) is 17.8 Å². The Morgan fingerprint density at radius 3 is 2.54 bits per heavy atom. The van der Waals surface area contributed by atoms with Crippen LogP contribution < -0.4 is 5.32 Å². The van der Waals surface area contributed by atoms with Crippen molar-refractivity contribution in [2.45, 2.75) is 46.1 Å². The summed E-state index contributed by atoms with van der Waals surface area (Å²) in [6, 6.07) is 6.85. The number of hydrogen-bond donors (Lipinski definition) is 1. The molecular formula is C26H36N2. The van der Waals surface area contributed by atoms with Crippen LogP contribution in [0, 0.1) is 6.92 Å². The van der Waals surface area contributed by atoms with Crippen molar-refractivity contribution in [1.29, 1.82) is 0 Å². The van der Waals surface area contributed by atoms with Gasteiger partial charge < -0.3 is 10.2 Å². The molecule has 2 rings (SSSR count). The quantitative estimate of drug-likeness (QED) is 0.521. The Kier molecular flexibility index (Phi) is 8.07. The first-order chi connectivity index (χ1) is 13.3. The highest BCUT2D eigenvalue weighted by Crippen LogP contribution is 2.29. The van der Waals surface area contributed by atoms with E-state index in [0.717, 1.165) is 36.1 Å². The van der Waals surface area contributed by atoms with Crippen LogP contribution in [0.15, 0.2) is 66.9 Å². The van der Waals surface area contributed by atoms with E-state index in [0.29, 0.717) is 6.04 Å². The summed E-state index contributed by atoms with van der Waals surface area (Å²) in [6.45, 7) is 15.8. The third-order valence-electron chi connectivity index (χ3n) is 5.07. The Hall–Kier alpha value is -2.32. The highest BCUT2D eigenvalue weighted by Gasteiger charge is 2.12. The molecule has 1 aromatic carbocycles. The lowest BCUT2D eigenvalue weighted by molar-refractivity contribution is 0.400. The second-order valence-corrected chi connectivity index (χ2v) is 8.22. The van der Waals surface area contributed by atoms with Crippen molar-refractivity contribution in [1.82, 2.24) is 10.2 Å². The molecule has 0 heterocycles. The van der Waals surface area contributed by atoms with E-state index < -0.39 is 0 Å². The third-order valence-corrected chi connectivity index (χ3v) is 5.07. The van der Waals surface area contributed by atoms with E-state index in [1.165, 1.54) is 28.7 Å². The molecule has 1 aromatic rings. The first-order valence-corrected chi connectivity index (χ1v) is 10.2. The average molecular weight is 377 g/mol. The van der Waals surface area contributed by atoms with E-state index >= 15 is 0 Å². The van der Waals surface area contributed by atoms with Crippen LogP contribution in [0.2, 0.25) is 0 Å². The van der Waals surface area contributed by atoms with Gasteiger partial charge in [0.25, 0.3) is 0 Å². The van der Waals surface area contributed by atoms with E-state index in [-0.39, 0.29) is 0 Å². The SMILES string of the molecule is C=C(C)/C(=C\NC1C=CC(CCCN(C)C)=CC1)c1cc(C)ccc1C(=C)C. The van der Waals surface area contributed by atoms with Gasteiger partial charge in [-0.3, -0.25) is 0 Å². The largest absolute Gasteiger partial charge is 0.384 e. The van der Waals surface area contributed by atoms with Gasteiger partial charge >= 0.3 is 0 Å². The summed E-state index contributed by atoms with van der Waals surface area (Å²) in [5, 5.41) is 3.59. The van der Waals surface area contributed by atoms with Gasteiger partial charge in [-0.05, 0) is 77.4 Å². The number of benzene rings is 1. The van der Waals surface area contributed by atoms with Crippen LogP contribution in [0.4, 0.5) is 0 Å². The zero-order valence-corrected chi connectivity index (χ0v) is 18.3. The molecule has 1 N–H and O–H groups in total. The van der Waals surface area contributed by atoms with E-state index in [2.05, 4.69) is 101 Å². The van der Waals surface area contributed by atoms with Crippen molar-refractivity contribution in [3.05, 3.63) is 83.6 Å². The van der Waals surface area contributed by atoms with Crippen molar-refractivity contribution >= 4 is 11.1 Å². The van der Waals surface area contributed by atoms with Gasteiger partial charge in [-0.1, -0.05) is 66.3 Å². The molecule has 0 amide bonds. The molecule has 0 spiro atoms. The molecule has 0 saturated heterocycles. The minimum Gasteiger partial charge on any atom is -0.384 e. The first-order valence-electron chi connectivity index (χ1n) is 10.2. The molecular weight excluding hydrogens is 340 g/mol. The van der Waals surface area contributed by atoms with Crippen molar-refractivity contribution in [2.75, 3.05) is 20.6 Å². The molecule has 1 aliphatic rings. The lowest BCUT2D eigenvalue weighted by atomic mass is 9.91. The maximum absolute atomic E-state index is 4.21. The van der Waals surface area contributed by atoms with Gasteiger partial charge in [-0.25, -0.2) is 0 Å². The summed E-state index contributed by atoms with van der Waals surface area (Å²) in [5.74, 6) is 0. The maximum Gasteiger partial charge on any atom is 0.0476 e. The van der Waals surface area contributed by atoms with Crippen LogP contribution in [-0.4, -0.2) is 31.6 Å². The van der Waals surface area contributed by atoms with Crippen LogP contribution >= 0.6 is 0 Å². The third kappa shape index (κ3) is 6.38. The molecule has 0 aliphatic heterocycles. The van der Waals surface area contributed by atoms with Gasteiger partial charge in [-0.15, -0.1) is 0 Å². The monoisotopic (exact) mass is 376 g/mol. The van der Waals surface area contributed by atoms with Crippen molar-refractivity contribution in [3.63, 3.8) is 0 Å². The van der Waals surface area contributed by atoms with Crippen LogP contribution in [0.1, 0.15) is 49.8 Å². The molecule has 0 aromatic heterocycles. The summed E-state index contributed by atoms with van der Waals surface area (Å²) in [4.78, 5) is 2.24. The molecule has 1 aliphatic carbocycles. The van der Waals surface area contributed by atoms with E-state index in [4.69, 9.17) is 0 Å². The summed E-state index contributed by atoms with van der Waals surface area (Å²) in [6.07, 6.45) is 12.4. The highest BCUT2D eigenvalue weighted by atomic mass is 15.0. The van der Waals surface area contributed by atoms with Gasteiger partial charge in [-0.2, -0.15) is 0 Å². The zero-order valence-electron chi connectivity index (χ0n) is 18.3. The highest BCUT2D eigenvalue weighted by molar-refractivity contribution is 5.85. The smallest absolute Gasteiger partial charge is 0.0476 e. The van der Waals surface area contributed by atoms with Crippen LogP contribution in [0.25, 0.3) is 11.1 Å². The van der Waals surface area contributed by atoms with Crippen LogP contribution in [-0.2, 0) is 0 Å². The van der Waals surface area contributed by atoms with Crippen molar-refractivity contribution < 1.29 is 0 Å². The predicted molar refractivity (Wildman–Crippen MR) is 125 cm³/mol. The van der Waals surface area contributed by atoms with E-state index in [1.807, 2.05) is 0 Å². The zero-order chi connectivity index (χ0) is 20.7. The minimum absolute atomic E-state index is 0.324. The molecule has 1 unspecified atom stereocenters.